The van der Waals surface area contributed by atoms with Crippen LogP contribution in [0.5, 0.6) is 0 Å². The number of carboxylic acid groups (broad SMARTS) is 2. The SMILES string of the molecule is O=C(O)O.[O]=[Nd]. The zero-order chi connectivity index (χ0) is 5.58. The molecule has 0 aliphatic rings. The van der Waals surface area contributed by atoms with Crippen molar-refractivity contribution in [2.45, 2.75) is 0 Å². The summed E-state index contributed by atoms with van der Waals surface area (Å²) in [5, 5.41) is 13.9. The van der Waals surface area contributed by atoms with E-state index in [2.05, 4.69) is 0 Å². The fourth-order valence-corrected chi connectivity index (χ4v) is 0. The summed E-state index contributed by atoms with van der Waals surface area (Å²) in [5.74, 6) is 0. The Labute approximate surface area is 60.6 Å². The van der Waals surface area contributed by atoms with Gasteiger partial charge in [-0.15, -0.1) is 0 Å². The average Bonchev–Trinajstić information content (AvgIpc) is 1.41. The predicted octanol–water partition coefficient (Wildman–Crippen LogP) is 0.104. The summed E-state index contributed by atoms with van der Waals surface area (Å²) in [4.78, 5) is 8.56. The van der Waals surface area contributed by atoms with E-state index in [1.165, 1.54) is 0 Å². The molecule has 2 N–H and O–H groups in total. The van der Waals surface area contributed by atoms with Crippen molar-refractivity contribution in [1.29, 1.82) is 0 Å². The fraction of sp³-hybridized carbons (Fsp3) is 0. The minimum atomic E-state index is -1.83. The molecule has 0 aromatic rings. The molecule has 0 amide bonds. The van der Waals surface area contributed by atoms with Gasteiger partial charge in [0.2, 0.25) is 0 Å². The molecule has 0 aliphatic carbocycles. The molecule has 0 aliphatic heterocycles. The van der Waals surface area contributed by atoms with Gasteiger partial charge in [0.15, 0.2) is 0 Å². The molecule has 0 unspecified atom stereocenters. The third kappa shape index (κ3) is 292. The molecular weight excluding hydrogens is 220 g/mol. The van der Waals surface area contributed by atoms with E-state index >= 15 is 0 Å². The zero-order valence-electron chi connectivity index (χ0n) is 2.71. The van der Waals surface area contributed by atoms with Crippen LogP contribution in [0.4, 0.5) is 4.79 Å². The molecule has 0 aromatic carbocycles. The van der Waals surface area contributed by atoms with Crippen molar-refractivity contribution in [2.24, 2.45) is 0 Å². The van der Waals surface area contributed by atoms with Crippen LogP contribution in [-0.4, -0.2) is 16.4 Å². The molecule has 34 valence electrons. The van der Waals surface area contributed by atoms with Crippen molar-refractivity contribution in [3.8, 4) is 0 Å². The quantitative estimate of drug-likeness (QED) is 0.609. The molecule has 0 spiro atoms. The van der Waals surface area contributed by atoms with Gasteiger partial charge in [0, 0.05) is 0 Å². The molecule has 0 saturated carbocycles. The van der Waals surface area contributed by atoms with Crippen LogP contribution in [0.1, 0.15) is 0 Å². The van der Waals surface area contributed by atoms with E-state index in [9.17, 15) is 0 Å². The van der Waals surface area contributed by atoms with Gasteiger partial charge in [0.05, 0.1) is 0 Å². The molecule has 0 fully saturated rings. The van der Waals surface area contributed by atoms with Crippen molar-refractivity contribution in [3.63, 3.8) is 0 Å². The first-order chi connectivity index (χ1) is 2.73. The van der Waals surface area contributed by atoms with Crippen LogP contribution in [0.3, 0.4) is 0 Å². The summed E-state index contributed by atoms with van der Waals surface area (Å²) >= 11 is 0.0556. The minimum absolute atomic E-state index is 0.0556. The average molecular weight is 222 g/mol. The van der Waals surface area contributed by atoms with Crippen molar-refractivity contribution in [2.75, 3.05) is 0 Å². The van der Waals surface area contributed by atoms with Gasteiger partial charge in [-0.3, -0.25) is 0 Å². The standard InChI is InChI=1S/CH2O3.Nd.O/c2-1(3)4;;/h(H2,2,3,4);;. The van der Waals surface area contributed by atoms with E-state index < -0.39 is 6.16 Å². The maximum absolute atomic E-state index is 8.56. The van der Waals surface area contributed by atoms with E-state index in [-0.39, 0.29) is 38.9 Å². The molecule has 0 bridgehead atoms. The summed E-state index contributed by atoms with van der Waals surface area (Å²) in [5.41, 5.74) is 0. The first-order valence-electron chi connectivity index (χ1n) is 0.855. The van der Waals surface area contributed by atoms with Crippen LogP contribution in [0.2, 0.25) is 0 Å². The number of rotatable bonds is 0. The summed E-state index contributed by atoms with van der Waals surface area (Å²) in [6.07, 6.45) is -1.83. The van der Waals surface area contributed by atoms with E-state index in [1.807, 2.05) is 0 Å². The van der Waals surface area contributed by atoms with E-state index in [0.717, 1.165) is 0 Å². The van der Waals surface area contributed by atoms with E-state index in [0.29, 0.717) is 0 Å². The Morgan fingerprint density at radius 1 is 1.33 bits per heavy atom. The van der Waals surface area contributed by atoms with Crippen LogP contribution in [0, 0.1) is 38.9 Å². The van der Waals surface area contributed by atoms with Gasteiger partial charge in [0.1, 0.15) is 0 Å². The number of hydrogen-bond acceptors (Lipinski definition) is 2. The first-order valence-corrected chi connectivity index (χ1v) is 2.17. The van der Waals surface area contributed by atoms with Gasteiger partial charge in [0.25, 0.3) is 0 Å². The Morgan fingerprint density at radius 2 is 1.33 bits per heavy atom. The third-order valence-electron chi connectivity index (χ3n) is 0. The van der Waals surface area contributed by atoms with Crippen LogP contribution >= 0.6 is 0 Å². The second-order valence-electron chi connectivity index (χ2n) is 0.283. The number of carbonyl (C=O) groups is 1. The van der Waals surface area contributed by atoms with E-state index in [1.54, 1.807) is 0 Å². The molecule has 0 heterocycles. The second kappa shape index (κ2) is 9.05. The first kappa shape index (κ1) is 9.65. The zero-order valence-corrected chi connectivity index (χ0v) is 5.92. The summed E-state index contributed by atoms with van der Waals surface area (Å²) in [7, 11) is 0. The van der Waals surface area contributed by atoms with Crippen LogP contribution in [-0.2, 0) is 1.05 Å². The van der Waals surface area contributed by atoms with Gasteiger partial charge < -0.3 is 10.2 Å². The Hall–Kier alpha value is 0.421. The topological polar surface area (TPSA) is 74.6 Å². The van der Waals surface area contributed by atoms with Gasteiger partial charge in [-0.1, -0.05) is 0 Å². The van der Waals surface area contributed by atoms with Crippen molar-refractivity contribution >= 4 is 6.16 Å². The van der Waals surface area contributed by atoms with Crippen molar-refractivity contribution < 1.29 is 55.0 Å². The van der Waals surface area contributed by atoms with Gasteiger partial charge >= 0.3 is 46.1 Å². The van der Waals surface area contributed by atoms with Gasteiger partial charge in [-0.25, -0.2) is 4.79 Å². The molecular formula is CH2NdO4. The van der Waals surface area contributed by atoms with Crippen LogP contribution < -0.4 is 0 Å². The molecule has 6 heavy (non-hydrogen) atoms. The molecule has 0 radical (unpaired) electrons. The van der Waals surface area contributed by atoms with Crippen LogP contribution in [0.25, 0.3) is 0 Å². The van der Waals surface area contributed by atoms with Crippen molar-refractivity contribution in [3.05, 3.63) is 0 Å². The molecule has 0 aromatic heterocycles. The normalized spacial score (nSPS) is 4.50. The monoisotopic (exact) mass is 220 g/mol. The predicted molar refractivity (Wildman–Crippen MR) is 11.3 cm³/mol. The second-order valence-corrected chi connectivity index (χ2v) is 0.283. The van der Waals surface area contributed by atoms with Crippen molar-refractivity contribution in [1.82, 2.24) is 0 Å². The molecule has 5 heteroatoms. The van der Waals surface area contributed by atoms with Crippen LogP contribution in [0.15, 0.2) is 0 Å². The Morgan fingerprint density at radius 3 is 1.33 bits per heavy atom. The molecule has 4 nitrogen and oxygen atoms in total. The Balaban J connectivity index is 0. The van der Waals surface area contributed by atoms with E-state index in [4.69, 9.17) is 16.1 Å². The molecule has 0 saturated heterocycles. The molecule has 0 rings (SSSR count). The maximum atomic E-state index is 8.56. The Kier molecular flexibility index (Phi) is 14.6. The summed E-state index contributed by atoms with van der Waals surface area (Å²) in [6, 6.07) is 0. The van der Waals surface area contributed by atoms with Gasteiger partial charge in [-0.2, -0.15) is 0 Å². The summed E-state index contributed by atoms with van der Waals surface area (Å²) in [6.45, 7) is 0. The fourth-order valence-electron chi connectivity index (χ4n) is 0. The summed E-state index contributed by atoms with van der Waals surface area (Å²) < 4.78 is 8.39. The van der Waals surface area contributed by atoms with Gasteiger partial charge in [-0.05, 0) is 0 Å². The third-order valence-corrected chi connectivity index (χ3v) is 0. The molecule has 0 atom stereocenters. The number of hydrogen-bond donors (Lipinski definition) is 2. The Bertz CT molecular complexity index is 38.8.